The number of nitrogens with zero attached hydrogens (tertiary/aromatic N) is 2. The summed E-state index contributed by atoms with van der Waals surface area (Å²) in [5.74, 6) is 0. The summed E-state index contributed by atoms with van der Waals surface area (Å²) in [6.07, 6.45) is 2.01. The van der Waals surface area contributed by atoms with Gasteiger partial charge in [0.05, 0.1) is 22.0 Å². The molecule has 0 radical (unpaired) electrons. The summed E-state index contributed by atoms with van der Waals surface area (Å²) in [6, 6.07) is 16.3. The van der Waals surface area contributed by atoms with Crippen molar-refractivity contribution in [2.75, 3.05) is 12.9 Å². The van der Waals surface area contributed by atoms with E-state index >= 15 is 0 Å². The first-order valence-electron chi connectivity index (χ1n) is 9.43. The zero-order valence-corrected chi connectivity index (χ0v) is 17.6. The average Bonchev–Trinajstić information content (AvgIpc) is 3.13. The Balaban J connectivity index is 2.12. The summed E-state index contributed by atoms with van der Waals surface area (Å²) >= 11 is 0. The number of aryl methyl sites for hydroxylation is 1. The standard InChI is InChI=1S/C22H26N2O4S/c1-16-5-7-17(8-6-16)20-15-21(22(2,26)13-4-14-25)23-24(20)18-9-11-19(12-10-18)29(3,27)28/h5-12,15,25-26H,4,13-14H2,1-3H3. The number of sulfone groups is 1. The molecule has 0 fully saturated rings. The molecule has 0 spiro atoms. The van der Waals surface area contributed by atoms with Crippen molar-refractivity contribution in [3.63, 3.8) is 0 Å². The van der Waals surface area contributed by atoms with Gasteiger partial charge in [-0.2, -0.15) is 5.10 Å². The van der Waals surface area contributed by atoms with Crippen LogP contribution < -0.4 is 0 Å². The highest BCUT2D eigenvalue weighted by Gasteiger charge is 2.27. The largest absolute Gasteiger partial charge is 0.396 e. The Hall–Kier alpha value is -2.48. The lowest BCUT2D eigenvalue weighted by atomic mass is 9.95. The molecule has 0 bridgehead atoms. The second-order valence-electron chi connectivity index (χ2n) is 7.56. The van der Waals surface area contributed by atoms with Gasteiger partial charge in [-0.3, -0.25) is 0 Å². The van der Waals surface area contributed by atoms with E-state index in [1.54, 1.807) is 35.9 Å². The van der Waals surface area contributed by atoms with Crippen molar-refractivity contribution in [1.82, 2.24) is 9.78 Å². The summed E-state index contributed by atoms with van der Waals surface area (Å²) in [6.45, 7) is 3.69. The molecule has 3 aromatic rings. The molecule has 0 amide bonds. The smallest absolute Gasteiger partial charge is 0.175 e. The third-order valence-electron chi connectivity index (χ3n) is 4.94. The molecule has 6 nitrogen and oxygen atoms in total. The van der Waals surface area contributed by atoms with Gasteiger partial charge in [0.25, 0.3) is 0 Å². The van der Waals surface area contributed by atoms with Crippen molar-refractivity contribution >= 4 is 9.84 Å². The predicted octanol–water partition coefficient (Wildman–Crippen LogP) is 3.23. The molecule has 0 aliphatic rings. The Labute approximate surface area is 171 Å². The molecular weight excluding hydrogens is 388 g/mol. The van der Waals surface area contributed by atoms with Crippen molar-refractivity contribution < 1.29 is 18.6 Å². The first-order valence-corrected chi connectivity index (χ1v) is 11.3. The van der Waals surface area contributed by atoms with Gasteiger partial charge < -0.3 is 10.2 Å². The van der Waals surface area contributed by atoms with E-state index in [2.05, 4.69) is 5.10 Å². The molecular formula is C22H26N2O4S. The molecule has 0 aliphatic heterocycles. The van der Waals surface area contributed by atoms with E-state index in [9.17, 15) is 13.5 Å². The van der Waals surface area contributed by atoms with Crippen LogP contribution in [0.3, 0.4) is 0 Å². The highest BCUT2D eigenvalue weighted by atomic mass is 32.2. The third-order valence-corrected chi connectivity index (χ3v) is 6.07. The van der Waals surface area contributed by atoms with E-state index in [0.717, 1.165) is 16.8 Å². The van der Waals surface area contributed by atoms with Crippen LogP contribution in [0.2, 0.25) is 0 Å². The van der Waals surface area contributed by atoms with E-state index in [0.29, 0.717) is 24.2 Å². The average molecular weight is 415 g/mol. The van der Waals surface area contributed by atoms with Gasteiger partial charge in [0.15, 0.2) is 9.84 Å². The lowest BCUT2D eigenvalue weighted by Crippen LogP contribution is -2.22. The highest BCUT2D eigenvalue weighted by molar-refractivity contribution is 7.90. The van der Waals surface area contributed by atoms with E-state index in [4.69, 9.17) is 5.11 Å². The summed E-state index contributed by atoms with van der Waals surface area (Å²) < 4.78 is 25.2. The summed E-state index contributed by atoms with van der Waals surface area (Å²) in [5.41, 5.74) is 2.84. The van der Waals surface area contributed by atoms with Crippen molar-refractivity contribution in [3.05, 3.63) is 65.9 Å². The van der Waals surface area contributed by atoms with Crippen LogP contribution >= 0.6 is 0 Å². The first kappa shape index (κ1) is 21.2. The van der Waals surface area contributed by atoms with Gasteiger partial charge in [-0.15, -0.1) is 0 Å². The molecule has 0 saturated carbocycles. The van der Waals surface area contributed by atoms with E-state index < -0.39 is 15.4 Å². The minimum atomic E-state index is -3.29. The van der Waals surface area contributed by atoms with E-state index in [1.807, 2.05) is 37.3 Å². The van der Waals surface area contributed by atoms with Crippen LogP contribution in [0, 0.1) is 6.92 Å². The molecule has 0 saturated heterocycles. The second-order valence-corrected chi connectivity index (χ2v) is 9.58. The Morgan fingerprint density at radius 1 is 1.07 bits per heavy atom. The second kappa shape index (κ2) is 8.10. The number of aliphatic hydroxyl groups is 2. The molecule has 2 aromatic carbocycles. The Morgan fingerprint density at radius 2 is 1.69 bits per heavy atom. The lowest BCUT2D eigenvalue weighted by Gasteiger charge is -2.20. The van der Waals surface area contributed by atoms with Crippen LogP contribution in [0.25, 0.3) is 16.9 Å². The first-order chi connectivity index (χ1) is 13.6. The highest BCUT2D eigenvalue weighted by Crippen LogP contribution is 2.31. The minimum absolute atomic E-state index is 0.00533. The fourth-order valence-corrected chi connectivity index (χ4v) is 3.79. The molecule has 1 unspecified atom stereocenters. The zero-order valence-electron chi connectivity index (χ0n) is 16.8. The van der Waals surface area contributed by atoms with Crippen LogP contribution in [-0.2, 0) is 15.4 Å². The van der Waals surface area contributed by atoms with Crippen molar-refractivity contribution in [2.24, 2.45) is 0 Å². The summed E-state index contributed by atoms with van der Waals surface area (Å²) in [7, 11) is -3.29. The Bertz CT molecular complexity index is 1080. The maximum Gasteiger partial charge on any atom is 0.175 e. The van der Waals surface area contributed by atoms with Gasteiger partial charge in [-0.05, 0) is 57.0 Å². The molecule has 1 aromatic heterocycles. The van der Waals surface area contributed by atoms with E-state index in [1.165, 1.54) is 6.26 Å². The van der Waals surface area contributed by atoms with Gasteiger partial charge >= 0.3 is 0 Å². The maximum absolute atomic E-state index is 11.8. The molecule has 1 heterocycles. The molecule has 3 rings (SSSR count). The van der Waals surface area contributed by atoms with Crippen LogP contribution in [0.1, 0.15) is 31.0 Å². The van der Waals surface area contributed by atoms with Gasteiger partial charge in [-0.25, -0.2) is 13.1 Å². The number of hydrogen-bond donors (Lipinski definition) is 2. The van der Waals surface area contributed by atoms with Gasteiger partial charge in [0.1, 0.15) is 5.60 Å². The fourth-order valence-electron chi connectivity index (χ4n) is 3.16. The lowest BCUT2D eigenvalue weighted by molar-refractivity contribution is 0.0357. The fraction of sp³-hybridized carbons (Fsp3) is 0.318. The maximum atomic E-state index is 11.8. The number of rotatable bonds is 7. The number of aromatic nitrogens is 2. The predicted molar refractivity (Wildman–Crippen MR) is 113 cm³/mol. The zero-order chi connectivity index (χ0) is 21.2. The molecule has 154 valence electrons. The normalized spacial score (nSPS) is 14.0. The van der Waals surface area contributed by atoms with Gasteiger partial charge in [0.2, 0.25) is 0 Å². The SMILES string of the molecule is Cc1ccc(-c2cc(C(C)(O)CCCO)nn2-c2ccc(S(C)(=O)=O)cc2)cc1. The van der Waals surface area contributed by atoms with Crippen LogP contribution in [0.15, 0.2) is 59.5 Å². The molecule has 0 aliphatic carbocycles. The van der Waals surface area contributed by atoms with Gasteiger partial charge in [-0.1, -0.05) is 29.8 Å². The van der Waals surface area contributed by atoms with Crippen LogP contribution in [-0.4, -0.2) is 41.3 Å². The summed E-state index contributed by atoms with van der Waals surface area (Å²) in [4.78, 5) is 0.237. The third kappa shape index (κ3) is 4.75. The Kier molecular flexibility index (Phi) is 5.93. The minimum Gasteiger partial charge on any atom is -0.396 e. The number of hydrogen-bond acceptors (Lipinski definition) is 5. The van der Waals surface area contributed by atoms with Crippen molar-refractivity contribution in [1.29, 1.82) is 0 Å². The van der Waals surface area contributed by atoms with Gasteiger partial charge in [0, 0.05) is 18.4 Å². The topological polar surface area (TPSA) is 92.4 Å². The molecule has 1 atom stereocenters. The number of benzene rings is 2. The monoisotopic (exact) mass is 414 g/mol. The molecule has 7 heteroatoms. The van der Waals surface area contributed by atoms with Crippen LogP contribution in [0.5, 0.6) is 0 Å². The van der Waals surface area contributed by atoms with Crippen LogP contribution in [0.4, 0.5) is 0 Å². The molecule has 2 N–H and O–H groups in total. The van der Waals surface area contributed by atoms with E-state index in [-0.39, 0.29) is 11.5 Å². The quantitative estimate of drug-likeness (QED) is 0.619. The Morgan fingerprint density at radius 3 is 2.24 bits per heavy atom. The van der Waals surface area contributed by atoms with Crippen molar-refractivity contribution in [3.8, 4) is 16.9 Å². The van der Waals surface area contributed by atoms with Crippen molar-refractivity contribution in [2.45, 2.75) is 37.2 Å². The molecule has 29 heavy (non-hydrogen) atoms. The summed E-state index contributed by atoms with van der Waals surface area (Å²) in [5, 5.41) is 24.6. The number of aliphatic hydroxyl groups excluding tert-OH is 1.